The minimum atomic E-state index is -3.63. The fraction of sp³-hybridized carbons (Fsp3) is 0.424. The van der Waals surface area contributed by atoms with Crippen LogP contribution in [0.15, 0.2) is 58.0 Å². The third-order valence-corrected chi connectivity index (χ3v) is 10.3. The number of allylic oxidation sites excluding steroid dienone is 4. The summed E-state index contributed by atoms with van der Waals surface area (Å²) in [5.74, 6) is 1.53. The molecule has 41 heavy (non-hydrogen) atoms. The zero-order valence-corrected chi connectivity index (χ0v) is 28.2. The average Bonchev–Trinajstić information content (AvgIpc) is 3.29. The van der Waals surface area contributed by atoms with E-state index in [1.165, 1.54) is 48.8 Å². The van der Waals surface area contributed by atoms with E-state index in [9.17, 15) is 8.42 Å². The van der Waals surface area contributed by atoms with Gasteiger partial charge in [0.05, 0.1) is 0 Å². The van der Waals surface area contributed by atoms with Crippen LogP contribution in [-0.2, 0) is 32.6 Å². The van der Waals surface area contributed by atoms with Crippen molar-refractivity contribution in [3.05, 3.63) is 102 Å². The Bertz CT molecular complexity index is 1470. The maximum atomic E-state index is 13.4. The quantitative estimate of drug-likeness (QED) is 0.343. The van der Waals surface area contributed by atoms with Gasteiger partial charge in [-0.3, -0.25) is 0 Å². The van der Waals surface area contributed by atoms with Crippen molar-refractivity contribution in [2.24, 2.45) is 0 Å². The molecule has 0 saturated carbocycles. The first-order valence-electron chi connectivity index (χ1n) is 14.1. The Morgan fingerprint density at radius 3 is 1.76 bits per heavy atom. The molecular formula is C33H43N3O3RuS. The maximum absolute atomic E-state index is 13.4. The predicted molar refractivity (Wildman–Crippen MR) is 165 cm³/mol. The Hall–Kier alpha value is -2.54. The van der Waals surface area contributed by atoms with E-state index < -0.39 is 10.0 Å². The summed E-state index contributed by atoms with van der Waals surface area (Å²) in [5.41, 5.74) is 11.5. The van der Waals surface area contributed by atoms with Crippen LogP contribution in [0.3, 0.4) is 0 Å². The van der Waals surface area contributed by atoms with Crippen LogP contribution in [0.1, 0.15) is 76.4 Å². The molecule has 0 spiro atoms. The number of hydrogen-bond donors (Lipinski definition) is 2. The van der Waals surface area contributed by atoms with E-state index in [0.29, 0.717) is 17.3 Å². The molecule has 2 N–H and O–H groups in total. The number of benzene rings is 2. The van der Waals surface area contributed by atoms with Crippen molar-refractivity contribution in [2.75, 3.05) is 20.7 Å². The Morgan fingerprint density at radius 2 is 1.37 bits per heavy atom. The van der Waals surface area contributed by atoms with Crippen LogP contribution in [0.4, 0.5) is 0 Å². The van der Waals surface area contributed by atoms with Gasteiger partial charge in [-0.1, -0.05) is 0 Å². The molecule has 1 fully saturated rings. The van der Waals surface area contributed by atoms with E-state index in [4.69, 9.17) is 4.74 Å². The van der Waals surface area contributed by atoms with Gasteiger partial charge in [0.2, 0.25) is 0 Å². The summed E-state index contributed by atoms with van der Waals surface area (Å²) in [6.07, 6.45) is 2.82. The zero-order valence-electron chi connectivity index (χ0n) is 25.7. The molecule has 1 heterocycles. The van der Waals surface area contributed by atoms with E-state index in [1.807, 2.05) is 4.61 Å². The van der Waals surface area contributed by atoms with Crippen LogP contribution < -0.4 is 10.6 Å². The van der Waals surface area contributed by atoms with Crippen molar-refractivity contribution in [2.45, 2.75) is 73.4 Å². The van der Waals surface area contributed by atoms with Crippen LogP contribution in [0.25, 0.3) is 0 Å². The average molecular weight is 663 g/mol. The molecule has 4 rings (SSSR count). The number of ether oxygens (including phenoxy) is 1. The summed E-state index contributed by atoms with van der Waals surface area (Å²) in [6.45, 7) is 15.6. The second-order valence-electron chi connectivity index (χ2n) is 11.5. The predicted octanol–water partition coefficient (Wildman–Crippen LogP) is 5.93. The first-order valence-corrected chi connectivity index (χ1v) is 16.6. The van der Waals surface area contributed by atoms with Gasteiger partial charge < -0.3 is 0 Å². The van der Waals surface area contributed by atoms with Gasteiger partial charge in [0.1, 0.15) is 0 Å². The second-order valence-corrected chi connectivity index (χ2v) is 14.2. The van der Waals surface area contributed by atoms with E-state index >= 15 is 0 Å². The van der Waals surface area contributed by atoms with Gasteiger partial charge in [0.25, 0.3) is 0 Å². The Kier molecular flexibility index (Phi) is 9.47. The minimum absolute atomic E-state index is 0.0604. The van der Waals surface area contributed by atoms with Crippen molar-refractivity contribution in [3.63, 3.8) is 0 Å². The Morgan fingerprint density at radius 1 is 0.902 bits per heavy atom. The van der Waals surface area contributed by atoms with Gasteiger partial charge in [-0.15, -0.1) is 0 Å². The monoisotopic (exact) mass is 663 g/mol. The molecule has 0 aromatic heterocycles. The molecule has 8 heteroatoms. The molecular weight excluding hydrogens is 620 g/mol. The van der Waals surface area contributed by atoms with Gasteiger partial charge in [-0.2, -0.15) is 0 Å². The number of nitrogens with one attached hydrogen (secondary N) is 2. The first kappa shape index (κ1) is 31.4. The second kappa shape index (κ2) is 12.4. The van der Waals surface area contributed by atoms with Crippen molar-refractivity contribution in [1.29, 1.82) is 0 Å². The molecule has 0 radical (unpaired) electrons. The SMILES string of the molecule is CCCOC1=C([CH]=[Ru])C=C(S(=O)(=O)N(C)C)CC1=C1NC(c2c(C)cc(C)cc2C)C(c2c(C)cc(C)cc2C)N1. The summed E-state index contributed by atoms with van der Waals surface area (Å²) in [5, 5.41) is 7.69. The summed E-state index contributed by atoms with van der Waals surface area (Å²) < 4.78 is 36.2. The molecule has 2 aliphatic rings. The summed E-state index contributed by atoms with van der Waals surface area (Å²) in [6, 6.07) is 8.84. The number of aryl methyl sites for hydroxylation is 6. The third-order valence-electron chi connectivity index (χ3n) is 7.91. The molecule has 1 saturated heterocycles. The van der Waals surface area contributed by atoms with Crippen LogP contribution in [-0.4, -0.2) is 38.0 Å². The third kappa shape index (κ3) is 6.16. The van der Waals surface area contributed by atoms with Gasteiger partial charge in [0, 0.05) is 0 Å². The molecule has 1 aliphatic heterocycles. The van der Waals surface area contributed by atoms with E-state index in [2.05, 4.69) is 101 Å². The Balaban J connectivity index is 1.97. The molecule has 1 aliphatic carbocycles. The van der Waals surface area contributed by atoms with E-state index in [0.717, 1.165) is 23.4 Å². The summed E-state index contributed by atoms with van der Waals surface area (Å²) in [4.78, 5) is 0.346. The molecule has 2 unspecified atom stereocenters. The molecule has 2 aromatic carbocycles. The summed E-state index contributed by atoms with van der Waals surface area (Å²) >= 11 is 2.51. The normalized spacial score (nSPS) is 19.3. The van der Waals surface area contributed by atoms with Gasteiger partial charge in [-0.25, -0.2) is 0 Å². The van der Waals surface area contributed by atoms with E-state index in [-0.39, 0.29) is 18.5 Å². The molecule has 0 bridgehead atoms. The number of hydrogen-bond acceptors (Lipinski definition) is 5. The fourth-order valence-electron chi connectivity index (χ4n) is 6.31. The molecule has 6 nitrogen and oxygen atoms in total. The summed E-state index contributed by atoms with van der Waals surface area (Å²) in [7, 11) is -0.482. The van der Waals surface area contributed by atoms with Crippen molar-refractivity contribution in [3.8, 4) is 0 Å². The van der Waals surface area contributed by atoms with Gasteiger partial charge >= 0.3 is 257 Å². The van der Waals surface area contributed by atoms with Crippen molar-refractivity contribution >= 4 is 14.6 Å². The molecule has 2 aromatic rings. The molecule has 0 amide bonds. The first-order chi connectivity index (χ1) is 19.3. The van der Waals surface area contributed by atoms with Crippen LogP contribution in [0.2, 0.25) is 0 Å². The van der Waals surface area contributed by atoms with Crippen LogP contribution in [0.5, 0.6) is 0 Å². The number of rotatable bonds is 8. The van der Waals surface area contributed by atoms with Crippen molar-refractivity contribution in [1.82, 2.24) is 14.9 Å². The standard InChI is InChI=1S/C33H43N3O3S.Ru/c1-11-12-39-32-25(8)17-26(40(37,38)36(9)10)18-27(32)33-34-30(28-21(4)13-19(2)14-22(28)5)31(35-33)29-23(6)15-20(3)16-24(29)7;/h8,13-17,30-31,34-35H,11-12,18H2,1-7,9-10H3;. The molecule has 2 atom stereocenters. The van der Waals surface area contributed by atoms with Crippen molar-refractivity contribution < 1.29 is 31.0 Å². The van der Waals surface area contributed by atoms with E-state index in [1.54, 1.807) is 20.2 Å². The number of sulfonamides is 1. The fourth-order valence-corrected chi connectivity index (χ4v) is 7.75. The van der Waals surface area contributed by atoms with Gasteiger partial charge in [0.15, 0.2) is 0 Å². The van der Waals surface area contributed by atoms with Gasteiger partial charge in [-0.05, 0) is 0 Å². The molecule has 222 valence electrons. The Labute approximate surface area is 256 Å². The van der Waals surface area contributed by atoms with Crippen LogP contribution in [0, 0.1) is 41.5 Å². The topological polar surface area (TPSA) is 70.7 Å². The zero-order chi connectivity index (χ0) is 30.2. The number of nitrogens with zero attached hydrogens (tertiary/aromatic N) is 1. The van der Waals surface area contributed by atoms with Crippen LogP contribution >= 0.6 is 0 Å².